The second kappa shape index (κ2) is 4.36. The third-order valence-corrected chi connectivity index (χ3v) is 5.59. The maximum absolute atomic E-state index is 4.59. The first-order valence-electron chi connectivity index (χ1n) is 7.51. The molecule has 0 radical (unpaired) electrons. The third-order valence-electron chi connectivity index (χ3n) is 4.43. The molecule has 0 unspecified atom stereocenters. The summed E-state index contributed by atoms with van der Waals surface area (Å²) in [6.45, 7) is 2.16. The van der Waals surface area contributed by atoms with Crippen LogP contribution in [-0.4, -0.2) is 19.6 Å². The monoisotopic (exact) mass is 306 g/mol. The zero-order valence-electron chi connectivity index (χ0n) is 12.2. The van der Waals surface area contributed by atoms with Gasteiger partial charge in [0.1, 0.15) is 17.5 Å². The normalized spacial score (nSPS) is 14.0. The quantitative estimate of drug-likeness (QED) is 0.496. The van der Waals surface area contributed by atoms with Gasteiger partial charge in [-0.1, -0.05) is 23.8 Å². The molecule has 0 amide bonds. The summed E-state index contributed by atoms with van der Waals surface area (Å²) in [6, 6.07) is 6.80. The second-order valence-corrected chi connectivity index (χ2v) is 6.95. The van der Waals surface area contributed by atoms with E-state index in [-0.39, 0.29) is 0 Å². The van der Waals surface area contributed by atoms with Crippen LogP contribution in [0.3, 0.4) is 0 Å². The van der Waals surface area contributed by atoms with E-state index in [0.717, 1.165) is 28.7 Å². The molecule has 0 aliphatic heterocycles. The molecule has 108 valence electrons. The zero-order valence-corrected chi connectivity index (χ0v) is 13.0. The summed E-state index contributed by atoms with van der Waals surface area (Å²) < 4.78 is 1.77. The van der Waals surface area contributed by atoms with Crippen LogP contribution >= 0.6 is 11.3 Å². The van der Waals surface area contributed by atoms with Gasteiger partial charge in [-0.25, -0.2) is 14.5 Å². The topological polar surface area (TPSA) is 43.1 Å². The van der Waals surface area contributed by atoms with Gasteiger partial charge in [0.15, 0.2) is 5.65 Å². The van der Waals surface area contributed by atoms with E-state index >= 15 is 0 Å². The fraction of sp³-hybridized carbons (Fsp3) is 0.235. The molecule has 0 N–H and O–H groups in total. The molecule has 0 atom stereocenters. The van der Waals surface area contributed by atoms with E-state index in [1.807, 2.05) is 11.3 Å². The van der Waals surface area contributed by atoms with Gasteiger partial charge in [-0.3, -0.25) is 0 Å². The first-order chi connectivity index (χ1) is 10.8. The molecule has 5 heteroatoms. The van der Waals surface area contributed by atoms with Crippen molar-refractivity contribution in [2.24, 2.45) is 0 Å². The van der Waals surface area contributed by atoms with E-state index in [0.29, 0.717) is 0 Å². The molecule has 5 rings (SSSR count). The van der Waals surface area contributed by atoms with Gasteiger partial charge in [0, 0.05) is 10.4 Å². The van der Waals surface area contributed by atoms with Gasteiger partial charge in [-0.15, -0.1) is 11.3 Å². The van der Waals surface area contributed by atoms with Crippen LogP contribution in [0.1, 0.15) is 22.4 Å². The Morgan fingerprint density at radius 1 is 1.18 bits per heavy atom. The third kappa shape index (κ3) is 1.60. The van der Waals surface area contributed by atoms with Crippen molar-refractivity contribution in [3.8, 4) is 11.1 Å². The van der Waals surface area contributed by atoms with Gasteiger partial charge in [-0.05, 0) is 37.3 Å². The Hall–Kier alpha value is -2.27. The van der Waals surface area contributed by atoms with Crippen molar-refractivity contribution in [3.05, 3.63) is 46.9 Å². The number of rotatable bonds is 0. The average Bonchev–Trinajstić information content (AvgIpc) is 3.08. The largest absolute Gasteiger partial charge is 0.225 e. The van der Waals surface area contributed by atoms with E-state index < -0.39 is 0 Å². The van der Waals surface area contributed by atoms with Crippen molar-refractivity contribution in [3.63, 3.8) is 0 Å². The number of aryl methyl sites for hydroxylation is 3. The van der Waals surface area contributed by atoms with E-state index in [1.54, 1.807) is 17.2 Å². The van der Waals surface area contributed by atoms with Crippen LogP contribution in [0.15, 0.2) is 30.9 Å². The molecule has 0 saturated carbocycles. The summed E-state index contributed by atoms with van der Waals surface area (Å²) in [5.41, 5.74) is 6.34. The Balaban J connectivity index is 1.99. The fourth-order valence-electron chi connectivity index (χ4n) is 3.43. The lowest BCUT2D eigenvalue weighted by molar-refractivity contribution is 0.844. The summed E-state index contributed by atoms with van der Waals surface area (Å²) >= 11 is 1.81. The minimum Gasteiger partial charge on any atom is -0.225 e. The number of nitrogens with zero attached hydrogens (tertiary/aromatic N) is 4. The van der Waals surface area contributed by atoms with Crippen LogP contribution in [0.4, 0.5) is 0 Å². The van der Waals surface area contributed by atoms with E-state index in [9.17, 15) is 0 Å². The van der Waals surface area contributed by atoms with E-state index in [4.69, 9.17) is 0 Å². The molecule has 1 aromatic carbocycles. The first kappa shape index (κ1) is 12.3. The predicted molar refractivity (Wildman–Crippen MR) is 88.4 cm³/mol. The number of hydrogen-bond donors (Lipinski definition) is 0. The highest BCUT2D eigenvalue weighted by molar-refractivity contribution is 7.19. The van der Waals surface area contributed by atoms with Crippen molar-refractivity contribution in [1.29, 1.82) is 0 Å². The minimum absolute atomic E-state index is 0.914. The van der Waals surface area contributed by atoms with E-state index in [1.165, 1.54) is 33.6 Å². The number of thiophene rings is 1. The molecule has 0 fully saturated rings. The molecule has 0 bridgehead atoms. The summed E-state index contributed by atoms with van der Waals surface area (Å²) in [7, 11) is 0. The summed E-state index contributed by atoms with van der Waals surface area (Å²) in [5.74, 6) is 0. The molecule has 0 spiro atoms. The Morgan fingerprint density at radius 2 is 2.14 bits per heavy atom. The molecule has 3 aromatic heterocycles. The molecule has 3 heterocycles. The maximum Gasteiger partial charge on any atom is 0.167 e. The summed E-state index contributed by atoms with van der Waals surface area (Å²) in [4.78, 5) is 11.6. The standard InChI is InChI=1S/C17H14N4S/c1-10-5-6-11-3-2-4-13-14(12(11)7-10)15-16-18-8-20-21(16)9-19-17(15)22-13/h5-9H,2-4H2,1H3. The Labute approximate surface area is 131 Å². The van der Waals surface area contributed by atoms with Gasteiger partial charge in [0.25, 0.3) is 0 Å². The maximum atomic E-state index is 4.59. The van der Waals surface area contributed by atoms with Crippen LogP contribution in [0.25, 0.3) is 27.0 Å². The summed E-state index contributed by atoms with van der Waals surface area (Å²) in [6.07, 6.45) is 6.82. The minimum atomic E-state index is 0.914. The van der Waals surface area contributed by atoms with Crippen LogP contribution in [0.2, 0.25) is 0 Å². The molecule has 1 aliphatic carbocycles. The summed E-state index contributed by atoms with van der Waals surface area (Å²) in [5, 5.41) is 5.40. The van der Waals surface area contributed by atoms with Crippen molar-refractivity contribution < 1.29 is 0 Å². The number of aromatic nitrogens is 4. The van der Waals surface area contributed by atoms with Crippen LogP contribution in [0.5, 0.6) is 0 Å². The Bertz CT molecular complexity index is 1030. The SMILES string of the molecule is Cc1ccc2c(c1)-c1c(sc3ncn4ncnc4c13)CCC2. The Morgan fingerprint density at radius 3 is 3.09 bits per heavy atom. The van der Waals surface area contributed by atoms with Gasteiger partial charge >= 0.3 is 0 Å². The molecule has 4 aromatic rings. The van der Waals surface area contributed by atoms with Gasteiger partial charge in [0.05, 0.1) is 5.39 Å². The lowest BCUT2D eigenvalue weighted by Crippen LogP contribution is -1.92. The lowest BCUT2D eigenvalue weighted by atomic mass is 9.96. The molecular weight excluding hydrogens is 292 g/mol. The molecule has 0 saturated heterocycles. The highest BCUT2D eigenvalue weighted by Crippen LogP contribution is 2.43. The van der Waals surface area contributed by atoms with Gasteiger partial charge in [-0.2, -0.15) is 5.10 Å². The molecule has 4 nitrogen and oxygen atoms in total. The Kier molecular flexibility index (Phi) is 2.44. The fourth-order valence-corrected chi connectivity index (χ4v) is 4.61. The zero-order chi connectivity index (χ0) is 14.7. The highest BCUT2D eigenvalue weighted by Gasteiger charge is 2.22. The van der Waals surface area contributed by atoms with Crippen molar-refractivity contribution in [2.45, 2.75) is 26.2 Å². The van der Waals surface area contributed by atoms with Crippen LogP contribution < -0.4 is 0 Å². The van der Waals surface area contributed by atoms with E-state index in [2.05, 4.69) is 40.2 Å². The molecule has 22 heavy (non-hydrogen) atoms. The van der Waals surface area contributed by atoms with Crippen LogP contribution in [0, 0.1) is 6.92 Å². The first-order valence-corrected chi connectivity index (χ1v) is 8.32. The average molecular weight is 306 g/mol. The molecular formula is C17H14N4S. The van der Waals surface area contributed by atoms with Crippen LogP contribution in [-0.2, 0) is 12.8 Å². The predicted octanol–water partition coefficient (Wildman–Crippen LogP) is 3.80. The van der Waals surface area contributed by atoms with Crippen molar-refractivity contribution in [2.75, 3.05) is 0 Å². The highest BCUT2D eigenvalue weighted by atomic mass is 32.1. The second-order valence-electron chi connectivity index (χ2n) is 5.87. The van der Waals surface area contributed by atoms with Crippen molar-refractivity contribution >= 4 is 27.2 Å². The smallest absolute Gasteiger partial charge is 0.167 e. The van der Waals surface area contributed by atoms with Gasteiger partial charge < -0.3 is 0 Å². The number of fused-ring (bicyclic) bond motifs is 7. The number of hydrogen-bond acceptors (Lipinski definition) is 4. The van der Waals surface area contributed by atoms with Crippen molar-refractivity contribution in [1.82, 2.24) is 19.6 Å². The number of benzene rings is 1. The molecule has 1 aliphatic rings. The van der Waals surface area contributed by atoms with Gasteiger partial charge in [0.2, 0.25) is 0 Å². The lowest BCUT2D eigenvalue weighted by Gasteiger charge is -2.08.